The molecule has 0 spiro atoms. The van der Waals surface area contributed by atoms with Crippen LogP contribution >= 0.6 is 45.8 Å². The van der Waals surface area contributed by atoms with Crippen molar-refractivity contribution in [1.82, 2.24) is 5.43 Å². The fourth-order valence-corrected chi connectivity index (χ4v) is 4.49. The van der Waals surface area contributed by atoms with E-state index in [1.807, 2.05) is 25.1 Å². The molecular formula is C28H28Cl2IN3O4. The van der Waals surface area contributed by atoms with E-state index in [0.717, 1.165) is 19.3 Å². The zero-order valence-electron chi connectivity index (χ0n) is 21.0. The third-order valence-electron chi connectivity index (χ3n) is 5.30. The van der Waals surface area contributed by atoms with Crippen LogP contribution in [-0.2, 0) is 11.2 Å². The van der Waals surface area contributed by atoms with Crippen LogP contribution in [0.5, 0.6) is 11.5 Å². The first-order chi connectivity index (χ1) is 18.3. The van der Waals surface area contributed by atoms with Crippen LogP contribution in [-0.4, -0.2) is 31.2 Å². The summed E-state index contributed by atoms with van der Waals surface area (Å²) in [5, 5.41) is 7.54. The van der Waals surface area contributed by atoms with Crippen molar-refractivity contribution in [3.63, 3.8) is 0 Å². The van der Waals surface area contributed by atoms with E-state index in [9.17, 15) is 9.59 Å². The average Bonchev–Trinajstić information content (AvgIpc) is 2.89. The Morgan fingerprint density at radius 3 is 2.45 bits per heavy atom. The number of nitrogens with one attached hydrogen (secondary N) is 2. The Labute approximate surface area is 246 Å². The maximum atomic E-state index is 12.4. The quantitative estimate of drug-likeness (QED) is 0.122. The molecule has 200 valence electrons. The molecule has 0 bridgehead atoms. The van der Waals surface area contributed by atoms with E-state index in [0.29, 0.717) is 48.5 Å². The minimum absolute atomic E-state index is 0.239. The highest BCUT2D eigenvalue weighted by molar-refractivity contribution is 14.1. The van der Waals surface area contributed by atoms with Crippen LogP contribution in [0.3, 0.4) is 0 Å². The van der Waals surface area contributed by atoms with Crippen LogP contribution in [0.2, 0.25) is 10.0 Å². The van der Waals surface area contributed by atoms with Gasteiger partial charge in [0.15, 0.2) is 18.1 Å². The van der Waals surface area contributed by atoms with Crippen molar-refractivity contribution >= 4 is 69.5 Å². The number of hydrazone groups is 1. The third-order valence-corrected chi connectivity index (χ3v) is 6.84. The van der Waals surface area contributed by atoms with Crippen molar-refractivity contribution in [1.29, 1.82) is 0 Å². The number of benzene rings is 3. The van der Waals surface area contributed by atoms with Crippen LogP contribution in [0.15, 0.2) is 59.7 Å². The second-order valence-corrected chi connectivity index (χ2v) is 10.2. The lowest BCUT2D eigenvalue weighted by atomic mass is 10.1. The van der Waals surface area contributed by atoms with Gasteiger partial charge in [-0.2, -0.15) is 5.10 Å². The minimum Gasteiger partial charge on any atom is -0.490 e. The van der Waals surface area contributed by atoms with E-state index >= 15 is 0 Å². The first kappa shape index (κ1) is 29.7. The van der Waals surface area contributed by atoms with Gasteiger partial charge in [0, 0.05) is 11.3 Å². The van der Waals surface area contributed by atoms with Crippen molar-refractivity contribution in [2.45, 2.75) is 33.1 Å². The maximum Gasteiger partial charge on any atom is 0.271 e. The molecule has 2 N–H and O–H groups in total. The Hall–Kier alpha value is -2.82. The lowest BCUT2D eigenvalue weighted by Gasteiger charge is -2.14. The fraction of sp³-hybridized carbons (Fsp3) is 0.250. The molecule has 0 unspecified atom stereocenters. The summed E-state index contributed by atoms with van der Waals surface area (Å²) in [6, 6.07) is 15.9. The van der Waals surface area contributed by atoms with Crippen molar-refractivity contribution < 1.29 is 19.1 Å². The average molecular weight is 668 g/mol. The lowest BCUT2D eigenvalue weighted by molar-refractivity contribution is -0.118. The number of hydrogen-bond donors (Lipinski definition) is 2. The standard InChI is InChI=1S/C28H28Cl2IN3O4/c1-3-5-6-18-7-9-20(10-8-18)28(36)34-32-16-19-13-24(31)27(25(14-19)37-4-2)38-17-26(35)33-21-11-12-22(29)23(30)15-21/h7-16H,3-6,17H2,1-2H3,(H,33,35)(H,34,36)/b32-16+. The summed E-state index contributed by atoms with van der Waals surface area (Å²) in [7, 11) is 0. The van der Waals surface area contributed by atoms with E-state index in [4.69, 9.17) is 32.7 Å². The number of ether oxygens (including phenoxy) is 2. The lowest BCUT2D eigenvalue weighted by Crippen LogP contribution is -2.20. The highest BCUT2D eigenvalue weighted by Gasteiger charge is 2.14. The molecule has 10 heteroatoms. The van der Waals surface area contributed by atoms with Crippen molar-refractivity contribution in [2.24, 2.45) is 5.10 Å². The predicted octanol–water partition coefficient (Wildman–Crippen LogP) is 7.12. The van der Waals surface area contributed by atoms with Crippen LogP contribution in [0, 0.1) is 3.57 Å². The molecule has 0 heterocycles. The number of amides is 2. The second kappa shape index (κ2) is 14.9. The first-order valence-corrected chi connectivity index (χ1v) is 13.9. The van der Waals surface area contributed by atoms with E-state index in [1.165, 1.54) is 11.8 Å². The normalized spacial score (nSPS) is 10.9. The van der Waals surface area contributed by atoms with Gasteiger partial charge in [-0.25, -0.2) is 5.43 Å². The van der Waals surface area contributed by atoms with Crippen LogP contribution in [0.25, 0.3) is 0 Å². The van der Waals surface area contributed by atoms with E-state index in [-0.39, 0.29) is 18.4 Å². The Morgan fingerprint density at radius 2 is 1.76 bits per heavy atom. The number of carbonyl (C=O) groups excluding carboxylic acids is 2. The zero-order valence-corrected chi connectivity index (χ0v) is 24.7. The molecule has 0 saturated carbocycles. The topological polar surface area (TPSA) is 89.0 Å². The highest BCUT2D eigenvalue weighted by atomic mass is 127. The van der Waals surface area contributed by atoms with Crippen LogP contribution in [0.4, 0.5) is 5.69 Å². The SMILES string of the molecule is CCCCc1ccc(C(=O)N/N=C/c2cc(I)c(OCC(=O)Nc3ccc(Cl)c(Cl)c3)c(OCC)c2)cc1. The molecule has 0 aliphatic rings. The van der Waals surface area contributed by atoms with Crippen molar-refractivity contribution in [3.8, 4) is 11.5 Å². The summed E-state index contributed by atoms with van der Waals surface area (Å²) in [5.74, 6) is 0.225. The van der Waals surface area contributed by atoms with Gasteiger partial charge in [-0.05, 0) is 95.9 Å². The van der Waals surface area contributed by atoms with Crippen LogP contribution in [0.1, 0.15) is 48.2 Å². The number of halogens is 3. The Balaban J connectivity index is 1.62. The zero-order chi connectivity index (χ0) is 27.5. The van der Waals surface area contributed by atoms with E-state index < -0.39 is 0 Å². The summed E-state index contributed by atoms with van der Waals surface area (Å²) < 4.78 is 12.2. The minimum atomic E-state index is -0.367. The van der Waals surface area contributed by atoms with Gasteiger partial charge >= 0.3 is 0 Å². The van der Waals surface area contributed by atoms with Crippen molar-refractivity contribution in [3.05, 3.63) is 84.9 Å². The third kappa shape index (κ3) is 8.89. The molecule has 38 heavy (non-hydrogen) atoms. The molecule has 0 saturated heterocycles. The summed E-state index contributed by atoms with van der Waals surface area (Å²) in [5.41, 5.74) is 5.50. The molecule has 0 fully saturated rings. The summed E-state index contributed by atoms with van der Waals surface area (Å²) >= 11 is 14.0. The van der Waals surface area contributed by atoms with E-state index in [2.05, 4.69) is 45.4 Å². The number of rotatable bonds is 12. The molecule has 0 aromatic heterocycles. The molecule has 3 rings (SSSR count). The summed E-state index contributed by atoms with van der Waals surface area (Å²) in [6.07, 6.45) is 4.77. The second-order valence-electron chi connectivity index (χ2n) is 8.23. The molecule has 7 nitrogen and oxygen atoms in total. The van der Waals surface area contributed by atoms with Gasteiger partial charge in [-0.1, -0.05) is 48.7 Å². The summed E-state index contributed by atoms with van der Waals surface area (Å²) in [4.78, 5) is 24.8. The van der Waals surface area contributed by atoms with Crippen LogP contribution < -0.4 is 20.2 Å². The Morgan fingerprint density at radius 1 is 1.00 bits per heavy atom. The maximum absolute atomic E-state index is 12.4. The highest BCUT2D eigenvalue weighted by Crippen LogP contribution is 2.34. The predicted molar refractivity (Wildman–Crippen MR) is 161 cm³/mol. The summed E-state index contributed by atoms with van der Waals surface area (Å²) in [6.45, 7) is 4.16. The first-order valence-electron chi connectivity index (χ1n) is 12.1. The molecule has 0 atom stereocenters. The number of nitrogens with zero attached hydrogens (tertiary/aromatic N) is 1. The molecule has 0 aliphatic carbocycles. The van der Waals surface area contributed by atoms with Gasteiger partial charge in [0.05, 0.1) is 26.4 Å². The number of anilines is 1. The molecule has 0 radical (unpaired) electrons. The fourth-order valence-electron chi connectivity index (χ4n) is 3.41. The monoisotopic (exact) mass is 667 g/mol. The number of carbonyl (C=O) groups is 2. The molecule has 3 aromatic carbocycles. The smallest absolute Gasteiger partial charge is 0.271 e. The van der Waals surface area contributed by atoms with E-state index in [1.54, 1.807) is 36.4 Å². The van der Waals surface area contributed by atoms with Gasteiger partial charge in [0.25, 0.3) is 11.8 Å². The number of unbranched alkanes of at least 4 members (excludes halogenated alkanes) is 1. The van der Waals surface area contributed by atoms with Gasteiger partial charge in [-0.3, -0.25) is 9.59 Å². The molecule has 3 aromatic rings. The van der Waals surface area contributed by atoms with Gasteiger partial charge in [0.1, 0.15) is 0 Å². The van der Waals surface area contributed by atoms with Gasteiger partial charge in [-0.15, -0.1) is 0 Å². The van der Waals surface area contributed by atoms with Gasteiger partial charge in [0.2, 0.25) is 0 Å². The number of hydrogen-bond acceptors (Lipinski definition) is 5. The Bertz CT molecular complexity index is 1300. The Kier molecular flexibility index (Phi) is 11.7. The molecule has 2 amide bonds. The number of aryl methyl sites for hydroxylation is 1. The molecular weight excluding hydrogens is 640 g/mol. The molecule has 0 aliphatic heterocycles. The largest absolute Gasteiger partial charge is 0.490 e. The van der Waals surface area contributed by atoms with Gasteiger partial charge < -0.3 is 14.8 Å². The van der Waals surface area contributed by atoms with Crippen molar-refractivity contribution in [2.75, 3.05) is 18.5 Å².